The van der Waals surface area contributed by atoms with Crippen molar-refractivity contribution in [2.75, 3.05) is 13.2 Å². The van der Waals surface area contributed by atoms with E-state index in [1.165, 1.54) is 35.2 Å². The minimum atomic E-state index is -0.675. The Labute approximate surface area is 157 Å². The third-order valence-corrected chi connectivity index (χ3v) is 4.39. The fraction of sp³-hybridized carbons (Fsp3) is 0.300. The Hall–Kier alpha value is -2.90. The van der Waals surface area contributed by atoms with Crippen LogP contribution in [0.3, 0.4) is 0 Å². The molecule has 1 heterocycles. The SMILES string of the molecule is C[C@H](Cc1c[nH]c2ccccc12)NC[C@H](O)COc1ccc([N+](=O)[O-])cc1. The standard InChI is InChI=1S/C20H23N3O4/c1-14(10-15-11-22-20-5-3-2-4-19(15)20)21-12-17(24)13-27-18-8-6-16(7-9-18)23(25)26/h2-9,11,14,17,21-22,24H,10,12-13H2,1H3/t14-,17+/m1/s1. The molecule has 2 atom stereocenters. The van der Waals surface area contributed by atoms with Gasteiger partial charge in [-0.05, 0) is 37.1 Å². The molecule has 0 unspecified atom stereocenters. The topological polar surface area (TPSA) is 100 Å². The van der Waals surface area contributed by atoms with Gasteiger partial charge >= 0.3 is 0 Å². The molecule has 0 aliphatic carbocycles. The molecule has 2 aromatic carbocycles. The molecule has 0 spiro atoms. The number of fused-ring (bicyclic) bond motifs is 1. The number of nitro benzene ring substituents is 1. The summed E-state index contributed by atoms with van der Waals surface area (Å²) in [4.78, 5) is 13.4. The molecular formula is C20H23N3O4. The third-order valence-electron chi connectivity index (χ3n) is 4.39. The van der Waals surface area contributed by atoms with Gasteiger partial charge < -0.3 is 20.1 Å². The Bertz CT molecular complexity index is 892. The molecule has 7 nitrogen and oxygen atoms in total. The molecule has 142 valence electrons. The number of hydrogen-bond donors (Lipinski definition) is 3. The zero-order chi connectivity index (χ0) is 19.2. The van der Waals surface area contributed by atoms with Crippen LogP contribution in [0.1, 0.15) is 12.5 Å². The predicted molar refractivity (Wildman–Crippen MR) is 104 cm³/mol. The van der Waals surface area contributed by atoms with Gasteiger partial charge in [0.05, 0.1) is 4.92 Å². The van der Waals surface area contributed by atoms with Crippen molar-refractivity contribution in [3.05, 3.63) is 70.4 Å². The van der Waals surface area contributed by atoms with E-state index in [1.807, 2.05) is 18.3 Å². The second kappa shape index (κ2) is 8.66. The number of hydrogen-bond acceptors (Lipinski definition) is 5. The lowest BCUT2D eigenvalue weighted by Gasteiger charge is -2.17. The van der Waals surface area contributed by atoms with Crippen molar-refractivity contribution >= 4 is 16.6 Å². The van der Waals surface area contributed by atoms with Crippen LogP contribution in [0.4, 0.5) is 5.69 Å². The van der Waals surface area contributed by atoms with Crippen LogP contribution in [0.15, 0.2) is 54.7 Å². The summed E-state index contributed by atoms with van der Waals surface area (Å²) in [5, 5.41) is 25.3. The zero-order valence-electron chi connectivity index (χ0n) is 15.1. The van der Waals surface area contributed by atoms with E-state index in [-0.39, 0.29) is 18.3 Å². The van der Waals surface area contributed by atoms with Crippen molar-refractivity contribution < 1.29 is 14.8 Å². The van der Waals surface area contributed by atoms with Crippen LogP contribution in [0, 0.1) is 10.1 Å². The Morgan fingerprint density at radius 2 is 1.96 bits per heavy atom. The maximum atomic E-state index is 10.6. The summed E-state index contributed by atoms with van der Waals surface area (Å²) in [6, 6.07) is 14.2. The number of non-ortho nitro benzene ring substituents is 1. The van der Waals surface area contributed by atoms with E-state index in [0.717, 1.165) is 11.9 Å². The smallest absolute Gasteiger partial charge is 0.269 e. The summed E-state index contributed by atoms with van der Waals surface area (Å²) in [6.45, 7) is 2.59. The Balaban J connectivity index is 1.43. The summed E-state index contributed by atoms with van der Waals surface area (Å²) >= 11 is 0. The van der Waals surface area contributed by atoms with Crippen LogP contribution in [0.5, 0.6) is 5.75 Å². The number of rotatable bonds is 9. The molecule has 3 rings (SSSR count). The number of aliphatic hydroxyl groups excluding tert-OH is 1. The summed E-state index contributed by atoms with van der Waals surface area (Å²) in [7, 11) is 0. The van der Waals surface area contributed by atoms with E-state index in [2.05, 4.69) is 29.4 Å². The third kappa shape index (κ3) is 5.06. The summed E-state index contributed by atoms with van der Waals surface area (Å²) in [5.41, 5.74) is 2.37. The van der Waals surface area contributed by atoms with Crippen molar-refractivity contribution in [2.45, 2.75) is 25.5 Å². The van der Waals surface area contributed by atoms with Crippen LogP contribution in [0.2, 0.25) is 0 Å². The Kier molecular flexibility index (Phi) is 6.05. The molecule has 27 heavy (non-hydrogen) atoms. The maximum Gasteiger partial charge on any atom is 0.269 e. The van der Waals surface area contributed by atoms with Gasteiger partial charge in [-0.2, -0.15) is 0 Å². The van der Waals surface area contributed by atoms with Crippen LogP contribution >= 0.6 is 0 Å². The largest absolute Gasteiger partial charge is 0.491 e. The molecule has 0 fully saturated rings. The highest BCUT2D eigenvalue weighted by Crippen LogP contribution is 2.19. The number of aromatic amines is 1. The van der Waals surface area contributed by atoms with Gasteiger partial charge in [-0.3, -0.25) is 10.1 Å². The average molecular weight is 369 g/mol. The number of aromatic nitrogens is 1. The van der Waals surface area contributed by atoms with E-state index in [0.29, 0.717) is 12.3 Å². The number of ether oxygens (including phenoxy) is 1. The van der Waals surface area contributed by atoms with Gasteiger partial charge in [0.2, 0.25) is 0 Å². The highest BCUT2D eigenvalue weighted by atomic mass is 16.6. The highest BCUT2D eigenvalue weighted by molar-refractivity contribution is 5.83. The molecule has 0 saturated carbocycles. The quantitative estimate of drug-likeness (QED) is 0.398. The number of H-pyrrole nitrogens is 1. The first kappa shape index (κ1) is 18.9. The van der Waals surface area contributed by atoms with Crippen LogP contribution < -0.4 is 10.1 Å². The minimum Gasteiger partial charge on any atom is -0.491 e. The lowest BCUT2D eigenvalue weighted by Crippen LogP contribution is -2.37. The van der Waals surface area contributed by atoms with Crippen molar-refractivity contribution in [2.24, 2.45) is 0 Å². The first-order valence-electron chi connectivity index (χ1n) is 8.86. The van der Waals surface area contributed by atoms with Gasteiger partial charge in [-0.1, -0.05) is 18.2 Å². The van der Waals surface area contributed by atoms with Crippen molar-refractivity contribution in [1.82, 2.24) is 10.3 Å². The number of aliphatic hydroxyl groups is 1. The molecule has 3 aromatic rings. The molecule has 1 aromatic heterocycles. The second-order valence-corrected chi connectivity index (χ2v) is 6.59. The number of nitrogens with one attached hydrogen (secondary N) is 2. The molecule has 0 amide bonds. The molecule has 0 aliphatic rings. The van der Waals surface area contributed by atoms with Crippen molar-refractivity contribution in [1.29, 1.82) is 0 Å². The molecule has 0 saturated heterocycles. The van der Waals surface area contributed by atoms with Gasteiger partial charge in [0.15, 0.2) is 0 Å². The van der Waals surface area contributed by atoms with E-state index < -0.39 is 11.0 Å². The first-order chi connectivity index (χ1) is 13.0. The van der Waals surface area contributed by atoms with E-state index >= 15 is 0 Å². The first-order valence-corrected chi connectivity index (χ1v) is 8.86. The molecule has 0 radical (unpaired) electrons. The summed E-state index contributed by atoms with van der Waals surface area (Å²) in [5.74, 6) is 0.492. The van der Waals surface area contributed by atoms with E-state index in [4.69, 9.17) is 4.74 Å². The highest BCUT2D eigenvalue weighted by Gasteiger charge is 2.11. The van der Waals surface area contributed by atoms with Gasteiger partial charge in [0.25, 0.3) is 5.69 Å². The summed E-state index contributed by atoms with van der Waals surface area (Å²) < 4.78 is 5.48. The molecule has 7 heteroatoms. The zero-order valence-corrected chi connectivity index (χ0v) is 15.1. The monoisotopic (exact) mass is 369 g/mol. The Morgan fingerprint density at radius 1 is 1.22 bits per heavy atom. The molecule has 0 aliphatic heterocycles. The fourth-order valence-electron chi connectivity index (χ4n) is 2.96. The van der Waals surface area contributed by atoms with Crippen molar-refractivity contribution in [3.63, 3.8) is 0 Å². The maximum absolute atomic E-state index is 10.6. The summed E-state index contributed by atoms with van der Waals surface area (Å²) in [6.07, 6.45) is 2.20. The normalized spacial score (nSPS) is 13.4. The number of benzene rings is 2. The van der Waals surface area contributed by atoms with Crippen LogP contribution in [0.25, 0.3) is 10.9 Å². The van der Waals surface area contributed by atoms with Gasteiger partial charge in [0, 0.05) is 41.8 Å². The number of nitro groups is 1. The van der Waals surface area contributed by atoms with E-state index in [1.54, 1.807) is 0 Å². The van der Waals surface area contributed by atoms with Gasteiger partial charge in [-0.15, -0.1) is 0 Å². The average Bonchev–Trinajstić information content (AvgIpc) is 3.08. The lowest BCUT2D eigenvalue weighted by molar-refractivity contribution is -0.384. The number of para-hydroxylation sites is 1. The predicted octanol–water partition coefficient (Wildman–Crippen LogP) is 3.04. The fourth-order valence-corrected chi connectivity index (χ4v) is 2.96. The molecule has 3 N–H and O–H groups in total. The minimum absolute atomic E-state index is 0.00988. The Morgan fingerprint density at radius 3 is 2.70 bits per heavy atom. The molecular weight excluding hydrogens is 346 g/mol. The van der Waals surface area contributed by atoms with E-state index in [9.17, 15) is 15.2 Å². The number of nitrogens with zero attached hydrogens (tertiary/aromatic N) is 1. The van der Waals surface area contributed by atoms with Gasteiger partial charge in [0.1, 0.15) is 18.5 Å². The molecule has 0 bridgehead atoms. The van der Waals surface area contributed by atoms with Crippen LogP contribution in [-0.4, -0.2) is 40.3 Å². The van der Waals surface area contributed by atoms with Crippen molar-refractivity contribution in [3.8, 4) is 5.75 Å². The lowest BCUT2D eigenvalue weighted by atomic mass is 10.1. The second-order valence-electron chi connectivity index (χ2n) is 6.59. The van der Waals surface area contributed by atoms with Gasteiger partial charge in [-0.25, -0.2) is 0 Å². The van der Waals surface area contributed by atoms with Crippen LogP contribution in [-0.2, 0) is 6.42 Å².